The molecular formula is C15H24N2O. The number of pyridine rings is 1. The third-order valence-corrected chi connectivity index (χ3v) is 2.76. The molecule has 0 unspecified atom stereocenters. The number of hydrogen-bond donors (Lipinski definition) is 0. The molecule has 0 N–H and O–H groups in total. The quantitative estimate of drug-likeness (QED) is 0.823. The maximum absolute atomic E-state index is 12.1. The lowest BCUT2D eigenvalue weighted by molar-refractivity contribution is 0.0778. The highest BCUT2D eigenvalue weighted by Crippen LogP contribution is 2.19. The number of amides is 1. The highest BCUT2D eigenvalue weighted by atomic mass is 16.2. The molecule has 1 aromatic heterocycles. The molecule has 0 saturated carbocycles. The normalized spacial score (nSPS) is 11.7. The molecule has 3 heteroatoms. The van der Waals surface area contributed by atoms with Gasteiger partial charge in [-0.3, -0.25) is 9.78 Å². The smallest absolute Gasteiger partial charge is 0.255 e. The van der Waals surface area contributed by atoms with Crippen LogP contribution < -0.4 is 0 Å². The highest BCUT2D eigenvalue weighted by Gasteiger charge is 2.17. The van der Waals surface area contributed by atoms with Crippen LogP contribution in [0.2, 0.25) is 0 Å². The van der Waals surface area contributed by atoms with Crippen molar-refractivity contribution in [2.75, 3.05) is 13.6 Å². The molecule has 0 spiro atoms. The van der Waals surface area contributed by atoms with E-state index in [4.69, 9.17) is 0 Å². The maximum atomic E-state index is 12.1. The molecule has 18 heavy (non-hydrogen) atoms. The van der Waals surface area contributed by atoms with E-state index in [0.717, 1.165) is 12.2 Å². The van der Waals surface area contributed by atoms with Crippen LogP contribution >= 0.6 is 0 Å². The van der Waals surface area contributed by atoms with Gasteiger partial charge in [-0.15, -0.1) is 0 Å². The number of hydrogen-bond acceptors (Lipinski definition) is 2. The van der Waals surface area contributed by atoms with Crippen molar-refractivity contribution < 1.29 is 4.79 Å². The summed E-state index contributed by atoms with van der Waals surface area (Å²) >= 11 is 0. The Morgan fingerprint density at radius 1 is 1.33 bits per heavy atom. The molecule has 100 valence electrons. The second kappa shape index (κ2) is 5.51. The monoisotopic (exact) mass is 248 g/mol. The van der Waals surface area contributed by atoms with Crippen LogP contribution in [-0.4, -0.2) is 29.4 Å². The Hall–Kier alpha value is -1.38. The van der Waals surface area contributed by atoms with Gasteiger partial charge in [0.1, 0.15) is 0 Å². The molecule has 0 atom stereocenters. The first kappa shape index (κ1) is 14.7. The molecule has 1 rings (SSSR count). The number of aromatic nitrogens is 1. The van der Waals surface area contributed by atoms with Crippen molar-refractivity contribution in [2.24, 2.45) is 5.92 Å². The zero-order valence-electron chi connectivity index (χ0n) is 12.3. The summed E-state index contributed by atoms with van der Waals surface area (Å²) in [6.45, 7) is 11.3. The van der Waals surface area contributed by atoms with Crippen molar-refractivity contribution in [3.8, 4) is 0 Å². The zero-order valence-corrected chi connectivity index (χ0v) is 12.3. The minimum Gasteiger partial charge on any atom is -0.341 e. The van der Waals surface area contributed by atoms with Gasteiger partial charge >= 0.3 is 0 Å². The van der Waals surface area contributed by atoms with Gasteiger partial charge in [0.25, 0.3) is 5.91 Å². The van der Waals surface area contributed by atoms with Crippen LogP contribution in [0.15, 0.2) is 18.3 Å². The summed E-state index contributed by atoms with van der Waals surface area (Å²) in [7, 11) is 1.83. The predicted octanol–water partition coefficient (Wildman–Crippen LogP) is 3.11. The molecular weight excluding hydrogens is 224 g/mol. The van der Waals surface area contributed by atoms with E-state index in [-0.39, 0.29) is 11.3 Å². The summed E-state index contributed by atoms with van der Waals surface area (Å²) in [5, 5.41) is 0. The molecule has 0 aliphatic heterocycles. The molecule has 0 saturated heterocycles. The minimum atomic E-state index is 0.0193. The molecule has 1 heterocycles. The van der Waals surface area contributed by atoms with Crippen LogP contribution in [0.4, 0.5) is 0 Å². The van der Waals surface area contributed by atoms with Gasteiger partial charge in [0.15, 0.2) is 0 Å². The molecule has 0 aromatic carbocycles. The molecule has 0 aliphatic rings. The lowest BCUT2D eigenvalue weighted by Crippen LogP contribution is -2.30. The first-order valence-electron chi connectivity index (χ1n) is 6.44. The molecule has 1 aromatic rings. The Morgan fingerprint density at radius 3 is 2.33 bits per heavy atom. The van der Waals surface area contributed by atoms with Crippen molar-refractivity contribution in [3.05, 3.63) is 29.6 Å². The lowest BCUT2D eigenvalue weighted by Gasteiger charge is -2.20. The summed E-state index contributed by atoms with van der Waals surface area (Å²) in [5.74, 6) is 0.511. The van der Waals surface area contributed by atoms with E-state index >= 15 is 0 Å². The largest absolute Gasteiger partial charge is 0.341 e. The van der Waals surface area contributed by atoms with Gasteiger partial charge in [0, 0.05) is 30.9 Å². The summed E-state index contributed by atoms with van der Waals surface area (Å²) in [4.78, 5) is 18.3. The van der Waals surface area contributed by atoms with Crippen LogP contribution in [0, 0.1) is 5.92 Å². The van der Waals surface area contributed by atoms with Gasteiger partial charge < -0.3 is 4.90 Å². The van der Waals surface area contributed by atoms with E-state index in [1.165, 1.54) is 0 Å². The van der Waals surface area contributed by atoms with Gasteiger partial charge in [-0.05, 0) is 18.1 Å². The van der Waals surface area contributed by atoms with Crippen molar-refractivity contribution in [1.82, 2.24) is 9.88 Å². The first-order valence-corrected chi connectivity index (χ1v) is 6.44. The molecule has 0 fully saturated rings. The van der Waals surface area contributed by atoms with E-state index in [0.29, 0.717) is 11.5 Å². The van der Waals surface area contributed by atoms with Gasteiger partial charge in [-0.25, -0.2) is 0 Å². The molecule has 0 aliphatic carbocycles. The third kappa shape index (κ3) is 3.83. The van der Waals surface area contributed by atoms with Crippen molar-refractivity contribution in [3.63, 3.8) is 0 Å². The molecule has 1 amide bonds. The third-order valence-electron chi connectivity index (χ3n) is 2.76. The summed E-state index contributed by atoms with van der Waals surface area (Å²) in [6, 6.07) is 3.81. The zero-order chi connectivity index (χ0) is 13.9. The SMILES string of the molecule is CC(C)CN(C)C(=O)c1ccc(C(C)(C)C)nc1. The van der Waals surface area contributed by atoms with Gasteiger partial charge in [-0.2, -0.15) is 0 Å². The van der Waals surface area contributed by atoms with E-state index < -0.39 is 0 Å². The fraction of sp³-hybridized carbons (Fsp3) is 0.600. The second-order valence-electron chi connectivity index (χ2n) is 6.26. The second-order valence-corrected chi connectivity index (χ2v) is 6.26. The number of nitrogens with zero attached hydrogens (tertiary/aromatic N) is 2. The van der Waals surface area contributed by atoms with Crippen molar-refractivity contribution >= 4 is 5.91 Å². The Bertz CT molecular complexity index is 401. The number of rotatable bonds is 3. The Labute approximate surface area is 110 Å². The number of carbonyl (C=O) groups excluding carboxylic acids is 1. The Kier molecular flexibility index (Phi) is 4.49. The average molecular weight is 248 g/mol. The van der Waals surface area contributed by atoms with Crippen LogP contribution in [-0.2, 0) is 5.41 Å². The van der Waals surface area contributed by atoms with Crippen LogP contribution in [0.1, 0.15) is 50.7 Å². The summed E-state index contributed by atoms with van der Waals surface area (Å²) in [5.41, 5.74) is 1.68. The van der Waals surface area contributed by atoms with Crippen LogP contribution in [0.3, 0.4) is 0 Å². The van der Waals surface area contributed by atoms with Gasteiger partial charge in [0.2, 0.25) is 0 Å². The molecule has 3 nitrogen and oxygen atoms in total. The maximum Gasteiger partial charge on any atom is 0.255 e. The summed E-state index contributed by atoms with van der Waals surface area (Å²) < 4.78 is 0. The van der Waals surface area contributed by atoms with E-state index in [9.17, 15) is 4.79 Å². The Morgan fingerprint density at radius 2 is 1.94 bits per heavy atom. The van der Waals surface area contributed by atoms with E-state index in [1.54, 1.807) is 11.1 Å². The fourth-order valence-electron chi connectivity index (χ4n) is 1.82. The van der Waals surface area contributed by atoms with Crippen LogP contribution in [0.5, 0.6) is 0 Å². The van der Waals surface area contributed by atoms with E-state index in [2.05, 4.69) is 39.6 Å². The highest BCUT2D eigenvalue weighted by molar-refractivity contribution is 5.93. The van der Waals surface area contributed by atoms with Crippen molar-refractivity contribution in [2.45, 2.75) is 40.0 Å². The van der Waals surface area contributed by atoms with Crippen LogP contribution in [0.25, 0.3) is 0 Å². The average Bonchev–Trinajstić information content (AvgIpc) is 2.26. The fourth-order valence-corrected chi connectivity index (χ4v) is 1.82. The first-order chi connectivity index (χ1) is 8.21. The van der Waals surface area contributed by atoms with Gasteiger partial charge in [-0.1, -0.05) is 34.6 Å². The molecule has 0 bridgehead atoms. The predicted molar refractivity (Wildman–Crippen MR) is 74.7 cm³/mol. The molecule has 0 radical (unpaired) electrons. The Balaban J connectivity index is 2.82. The lowest BCUT2D eigenvalue weighted by atomic mass is 9.91. The van der Waals surface area contributed by atoms with Gasteiger partial charge in [0.05, 0.1) is 5.56 Å². The standard InChI is InChI=1S/C15H24N2O/c1-11(2)10-17(6)14(18)12-7-8-13(16-9-12)15(3,4)5/h7-9,11H,10H2,1-6H3. The topological polar surface area (TPSA) is 33.2 Å². The van der Waals surface area contributed by atoms with E-state index in [1.807, 2.05) is 19.2 Å². The van der Waals surface area contributed by atoms with Crippen molar-refractivity contribution in [1.29, 1.82) is 0 Å². The summed E-state index contributed by atoms with van der Waals surface area (Å²) in [6.07, 6.45) is 1.68. The number of carbonyl (C=O) groups is 1. The minimum absolute atomic E-state index is 0.0193.